The van der Waals surface area contributed by atoms with E-state index in [1.807, 2.05) is 18.7 Å². The topological polar surface area (TPSA) is 17.8 Å². The van der Waals surface area contributed by atoms with Crippen LogP contribution in [0.1, 0.15) is 33.6 Å². The molecule has 1 rings (SSSR count). The fourth-order valence-electron chi connectivity index (χ4n) is 0.963. The van der Waals surface area contributed by atoms with Gasteiger partial charge in [-0.05, 0) is 6.42 Å². The number of halogens is 4. The summed E-state index contributed by atoms with van der Waals surface area (Å²) in [5.74, 6) is 0. The van der Waals surface area contributed by atoms with Crippen molar-refractivity contribution in [3.8, 4) is 0 Å². The molecule has 16 heavy (non-hydrogen) atoms. The third-order valence-electron chi connectivity index (χ3n) is 1.58. The molecular weight excluding hydrogens is 223 g/mol. The fraction of sp³-hybridized carbons (Fsp3) is 0.667. The zero-order chi connectivity index (χ0) is 11.7. The summed E-state index contributed by atoms with van der Waals surface area (Å²) in [5, 5.41) is 0. The highest BCUT2D eigenvalue weighted by Gasteiger charge is 2.20. The first kappa shape index (κ1) is 17.4. The van der Waals surface area contributed by atoms with Gasteiger partial charge in [0.15, 0.2) is 0 Å². The van der Waals surface area contributed by atoms with Gasteiger partial charge in [0.25, 0.3) is 0 Å². The van der Waals surface area contributed by atoms with Crippen molar-refractivity contribution in [1.29, 1.82) is 0 Å². The molecule has 0 saturated heterocycles. The minimum atomic E-state index is -6.00. The highest BCUT2D eigenvalue weighted by molar-refractivity contribution is 6.50. The van der Waals surface area contributed by atoms with E-state index in [0.29, 0.717) is 0 Å². The summed E-state index contributed by atoms with van der Waals surface area (Å²) in [6, 6.07) is 0. The third kappa shape index (κ3) is 15.5. The molecule has 7 heteroatoms. The lowest BCUT2D eigenvalue weighted by atomic mass is 10.2. The van der Waals surface area contributed by atoms with Crippen LogP contribution in [0, 0.1) is 0 Å². The predicted octanol–water partition coefficient (Wildman–Crippen LogP) is 4.01. The van der Waals surface area contributed by atoms with E-state index < -0.39 is 7.25 Å². The summed E-state index contributed by atoms with van der Waals surface area (Å²) in [6.45, 7) is 3.34. The van der Waals surface area contributed by atoms with Crippen LogP contribution in [0.3, 0.4) is 0 Å². The van der Waals surface area contributed by atoms with Crippen molar-refractivity contribution in [3.63, 3.8) is 0 Å². The van der Waals surface area contributed by atoms with Crippen LogP contribution in [0.15, 0.2) is 18.7 Å². The van der Waals surface area contributed by atoms with E-state index in [-0.39, 0.29) is 7.43 Å². The lowest BCUT2D eigenvalue weighted by molar-refractivity contribution is 0.368. The lowest BCUT2D eigenvalue weighted by Gasteiger charge is -1.98. The van der Waals surface area contributed by atoms with E-state index in [0.717, 1.165) is 6.54 Å². The van der Waals surface area contributed by atoms with Crippen molar-refractivity contribution >= 4 is 7.25 Å². The first-order valence-electron chi connectivity index (χ1n) is 4.76. The van der Waals surface area contributed by atoms with Crippen LogP contribution in [0.2, 0.25) is 0 Å². The standard InChI is InChI=1S/C8H14N2.CH4.BF4/c1-2-3-4-6-10-7-5-9-8-10;;2-1(3,4)5/h5,7-8H,2-4,6H2,1H3;1H4;/q;;-1. The Morgan fingerprint density at radius 2 is 1.75 bits per heavy atom. The second-order valence-corrected chi connectivity index (χ2v) is 3.00. The van der Waals surface area contributed by atoms with Crippen molar-refractivity contribution in [2.24, 2.45) is 0 Å². The molecule has 0 aliphatic carbocycles. The zero-order valence-electron chi connectivity index (χ0n) is 8.54. The molecule has 0 aliphatic rings. The maximum absolute atomic E-state index is 9.75. The first-order chi connectivity index (χ1) is 6.93. The van der Waals surface area contributed by atoms with Gasteiger partial charge in [-0.25, -0.2) is 4.98 Å². The molecule has 1 heterocycles. The Morgan fingerprint density at radius 3 is 2.12 bits per heavy atom. The molecule has 0 fully saturated rings. The van der Waals surface area contributed by atoms with E-state index in [2.05, 4.69) is 16.5 Å². The quantitative estimate of drug-likeness (QED) is 0.442. The van der Waals surface area contributed by atoms with Crippen molar-refractivity contribution < 1.29 is 17.3 Å². The largest absolute Gasteiger partial charge is 0.673 e. The van der Waals surface area contributed by atoms with Crippen LogP contribution >= 0.6 is 0 Å². The molecule has 1 aromatic rings. The van der Waals surface area contributed by atoms with Gasteiger partial charge < -0.3 is 21.8 Å². The number of nitrogens with zero attached hydrogens (tertiary/aromatic N) is 2. The lowest BCUT2D eigenvalue weighted by Crippen LogP contribution is -2.02. The number of rotatable bonds is 4. The van der Waals surface area contributed by atoms with E-state index >= 15 is 0 Å². The summed E-state index contributed by atoms with van der Waals surface area (Å²) in [7, 11) is -6.00. The van der Waals surface area contributed by atoms with Crippen LogP contribution in [-0.2, 0) is 6.54 Å². The van der Waals surface area contributed by atoms with Crippen LogP contribution < -0.4 is 0 Å². The summed E-state index contributed by atoms with van der Waals surface area (Å²) >= 11 is 0. The molecule has 0 aromatic carbocycles. The van der Waals surface area contributed by atoms with E-state index in [1.54, 1.807) is 0 Å². The van der Waals surface area contributed by atoms with Crippen LogP contribution in [0.5, 0.6) is 0 Å². The van der Waals surface area contributed by atoms with Crippen molar-refractivity contribution in [2.75, 3.05) is 0 Å². The molecule has 0 atom stereocenters. The van der Waals surface area contributed by atoms with Crippen molar-refractivity contribution in [2.45, 2.75) is 40.2 Å². The number of hydrogen-bond donors (Lipinski definition) is 0. The third-order valence-corrected chi connectivity index (χ3v) is 1.58. The van der Waals surface area contributed by atoms with Gasteiger partial charge in [0.05, 0.1) is 6.33 Å². The number of unbranched alkanes of at least 4 members (excludes halogenated alkanes) is 2. The molecular formula is C9H18BF4N2-. The Hall–Kier alpha value is -1.01. The number of hydrogen-bond acceptors (Lipinski definition) is 1. The fourth-order valence-corrected chi connectivity index (χ4v) is 0.963. The maximum Gasteiger partial charge on any atom is 0.673 e. The zero-order valence-corrected chi connectivity index (χ0v) is 8.54. The Kier molecular flexibility index (Phi) is 10.0. The number of aryl methyl sites for hydroxylation is 1. The summed E-state index contributed by atoms with van der Waals surface area (Å²) < 4.78 is 41.1. The molecule has 1 aromatic heterocycles. The predicted molar refractivity (Wildman–Crippen MR) is 58.7 cm³/mol. The van der Waals surface area contributed by atoms with E-state index in [1.165, 1.54) is 19.3 Å². The van der Waals surface area contributed by atoms with Gasteiger partial charge in [-0.1, -0.05) is 27.2 Å². The number of aromatic nitrogens is 2. The maximum atomic E-state index is 9.75. The van der Waals surface area contributed by atoms with Crippen LogP contribution in [0.4, 0.5) is 17.3 Å². The average molecular weight is 241 g/mol. The molecule has 96 valence electrons. The minimum absolute atomic E-state index is 0. The minimum Gasteiger partial charge on any atom is -0.418 e. The molecule has 0 saturated carbocycles. The average Bonchev–Trinajstić information content (AvgIpc) is 2.54. The van der Waals surface area contributed by atoms with Gasteiger partial charge in [-0.15, -0.1) is 0 Å². The Morgan fingerprint density at radius 1 is 1.19 bits per heavy atom. The molecule has 0 unspecified atom stereocenters. The Bertz CT molecular complexity index is 230. The van der Waals surface area contributed by atoms with Crippen molar-refractivity contribution in [1.82, 2.24) is 9.55 Å². The molecule has 0 bridgehead atoms. The second kappa shape index (κ2) is 9.24. The van der Waals surface area contributed by atoms with Gasteiger partial charge in [-0.2, -0.15) is 0 Å². The Balaban J connectivity index is 0. The molecule has 0 radical (unpaired) electrons. The van der Waals surface area contributed by atoms with Crippen LogP contribution in [-0.4, -0.2) is 16.8 Å². The monoisotopic (exact) mass is 241 g/mol. The molecule has 0 spiro atoms. The van der Waals surface area contributed by atoms with Gasteiger partial charge in [0.1, 0.15) is 0 Å². The normalized spacial score (nSPS) is 10.1. The number of imidazole rings is 1. The smallest absolute Gasteiger partial charge is 0.418 e. The summed E-state index contributed by atoms with van der Waals surface area (Å²) in [4.78, 5) is 3.96. The molecule has 0 amide bonds. The van der Waals surface area contributed by atoms with Crippen LogP contribution in [0.25, 0.3) is 0 Å². The van der Waals surface area contributed by atoms with Gasteiger partial charge in [-0.3, -0.25) is 0 Å². The highest BCUT2D eigenvalue weighted by Crippen LogP contribution is 2.06. The van der Waals surface area contributed by atoms with Gasteiger partial charge in [0, 0.05) is 18.9 Å². The molecule has 0 N–H and O–H groups in total. The second-order valence-electron chi connectivity index (χ2n) is 3.00. The highest BCUT2D eigenvalue weighted by atomic mass is 19.5. The Labute approximate surface area is 93.8 Å². The molecule has 0 aliphatic heterocycles. The first-order valence-corrected chi connectivity index (χ1v) is 4.76. The van der Waals surface area contributed by atoms with Gasteiger partial charge in [0.2, 0.25) is 0 Å². The summed E-state index contributed by atoms with van der Waals surface area (Å²) in [6.07, 6.45) is 9.58. The SMILES string of the molecule is C.CCCCCn1ccnc1.F[B-](F)(F)F. The summed E-state index contributed by atoms with van der Waals surface area (Å²) in [5.41, 5.74) is 0. The van der Waals surface area contributed by atoms with E-state index in [4.69, 9.17) is 0 Å². The molecule has 2 nitrogen and oxygen atoms in total. The van der Waals surface area contributed by atoms with E-state index in [9.17, 15) is 17.3 Å². The van der Waals surface area contributed by atoms with Gasteiger partial charge >= 0.3 is 7.25 Å². The van der Waals surface area contributed by atoms with Crippen molar-refractivity contribution in [3.05, 3.63) is 18.7 Å².